The van der Waals surface area contributed by atoms with Crippen LogP contribution in [0, 0.1) is 0 Å². The molecule has 0 aromatic heterocycles. The number of carbonyl (C=O) groups excluding carboxylic acids is 2. The minimum atomic E-state index is -0.226. The summed E-state index contributed by atoms with van der Waals surface area (Å²) >= 11 is 0. The van der Waals surface area contributed by atoms with E-state index in [2.05, 4.69) is 5.32 Å². The molecule has 6 heteroatoms. The van der Waals surface area contributed by atoms with Crippen LogP contribution in [-0.4, -0.2) is 55.0 Å². The van der Waals surface area contributed by atoms with Gasteiger partial charge in [0.15, 0.2) is 0 Å². The molecule has 0 saturated carbocycles. The Bertz CT molecular complexity index is 875. The van der Waals surface area contributed by atoms with Crippen molar-refractivity contribution in [1.82, 2.24) is 9.80 Å². The number of nitrogens with zero attached hydrogens (tertiary/aromatic N) is 2. The van der Waals surface area contributed by atoms with E-state index >= 15 is 0 Å². The molecule has 1 saturated heterocycles. The van der Waals surface area contributed by atoms with Gasteiger partial charge in [0.05, 0.1) is 0 Å². The van der Waals surface area contributed by atoms with Gasteiger partial charge in [-0.1, -0.05) is 18.2 Å². The molecular weight excluding hydrogens is 366 g/mol. The van der Waals surface area contributed by atoms with Crippen LogP contribution in [0.2, 0.25) is 0 Å². The van der Waals surface area contributed by atoms with Gasteiger partial charge < -0.3 is 19.9 Å². The van der Waals surface area contributed by atoms with Crippen LogP contribution in [0.5, 0.6) is 0 Å². The number of likely N-dealkylation sites (tertiary alicyclic amines) is 1. The lowest BCUT2D eigenvalue weighted by molar-refractivity contribution is 0.0721. The van der Waals surface area contributed by atoms with E-state index in [1.54, 1.807) is 7.11 Å². The number of amides is 2. The topological polar surface area (TPSA) is 61.9 Å². The maximum atomic E-state index is 12.9. The lowest BCUT2D eigenvalue weighted by Crippen LogP contribution is -2.33. The number of hydrogen-bond acceptors (Lipinski definition) is 4. The van der Waals surface area contributed by atoms with Crippen LogP contribution in [0.3, 0.4) is 0 Å². The van der Waals surface area contributed by atoms with Crippen LogP contribution in [0.1, 0.15) is 51.7 Å². The van der Waals surface area contributed by atoms with Crippen molar-refractivity contribution in [3.05, 3.63) is 65.2 Å². The molecule has 2 aliphatic heterocycles. The molecule has 1 N–H and O–H groups in total. The number of carbonyl (C=O) groups is 2. The molecule has 0 radical (unpaired) electrons. The number of fused-ring (bicyclic) bond motifs is 1. The largest absolute Gasteiger partial charge is 0.385 e. The quantitative estimate of drug-likeness (QED) is 0.731. The predicted octanol–water partition coefficient (Wildman–Crippen LogP) is 3.53. The van der Waals surface area contributed by atoms with E-state index in [9.17, 15) is 9.59 Å². The summed E-state index contributed by atoms with van der Waals surface area (Å²) in [7, 11) is 1.67. The highest BCUT2D eigenvalue weighted by Crippen LogP contribution is 2.34. The lowest BCUT2D eigenvalue weighted by Gasteiger charge is -2.27. The minimum Gasteiger partial charge on any atom is -0.385 e. The third-order valence-electron chi connectivity index (χ3n) is 5.63. The highest BCUT2D eigenvalue weighted by molar-refractivity contribution is 5.99. The summed E-state index contributed by atoms with van der Waals surface area (Å²) in [6, 6.07) is 15.3. The molecule has 2 aromatic carbocycles. The number of anilines is 1. The monoisotopic (exact) mass is 393 g/mol. The molecule has 29 heavy (non-hydrogen) atoms. The molecule has 1 unspecified atom stereocenters. The van der Waals surface area contributed by atoms with E-state index in [4.69, 9.17) is 4.74 Å². The van der Waals surface area contributed by atoms with Crippen molar-refractivity contribution >= 4 is 17.5 Å². The molecule has 152 valence electrons. The summed E-state index contributed by atoms with van der Waals surface area (Å²) in [4.78, 5) is 29.2. The van der Waals surface area contributed by atoms with E-state index < -0.39 is 0 Å². The molecule has 2 aliphatic rings. The van der Waals surface area contributed by atoms with Gasteiger partial charge in [0.25, 0.3) is 11.8 Å². The Labute approximate surface area is 171 Å². The number of rotatable bonds is 7. The van der Waals surface area contributed by atoms with Crippen molar-refractivity contribution in [1.29, 1.82) is 0 Å². The fraction of sp³-hybridized carbons (Fsp3) is 0.391. The second-order valence-electron chi connectivity index (χ2n) is 7.56. The second-order valence-corrected chi connectivity index (χ2v) is 7.56. The van der Waals surface area contributed by atoms with E-state index in [-0.39, 0.29) is 18.0 Å². The van der Waals surface area contributed by atoms with Gasteiger partial charge in [-0.25, -0.2) is 0 Å². The Hall–Kier alpha value is -2.86. The van der Waals surface area contributed by atoms with E-state index in [1.807, 2.05) is 58.3 Å². The fourth-order valence-electron chi connectivity index (χ4n) is 4.11. The minimum absolute atomic E-state index is 0.0371. The van der Waals surface area contributed by atoms with Crippen molar-refractivity contribution in [3.63, 3.8) is 0 Å². The van der Waals surface area contributed by atoms with Crippen LogP contribution >= 0.6 is 0 Å². The van der Waals surface area contributed by atoms with E-state index in [0.717, 1.165) is 49.2 Å². The van der Waals surface area contributed by atoms with Gasteiger partial charge in [-0.05, 0) is 49.6 Å². The van der Waals surface area contributed by atoms with Gasteiger partial charge in [0.2, 0.25) is 0 Å². The van der Waals surface area contributed by atoms with Crippen LogP contribution in [0.25, 0.3) is 0 Å². The number of methoxy groups -OCH3 is 1. The zero-order valence-electron chi connectivity index (χ0n) is 16.8. The Morgan fingerprint density at radius 1 is 1.10 bits per heavy atom. The molecule has 4 rings (SSSR count). The van der Waals surface area contributed by atoms with Gasteiger partial charge in [-0.2, -0.15) is 0 Å². The predicted molar refractivity (Wildman–Crippen MR) is 112 cm³/mol. The van der Waals surface area contributed by atoms with Crippen LogP contribution < -0.4 is 5.32 Å². The molecule has 2 aromatic rings. The van der Waals surface area contributed by atoms with Crippen molar-refractivity contribution in [3.8, 4) is 0 Å². The molecule has 2 heterocycles. The lowest BCUT2D eigenvalue weighted by atomic mass is 10.1. The first-order valence-electron chi connectivity index (χ1n) is 10.2. The zero-order valence-corrected chi connectivity index (χ0v) is 16.8. The van der Waals surface area contributed by atoms with Crippen LogP contribution in [-0.2, 0) is 4.74 Å². The first-order valence-corrected chi connectivity index (χ1v) is 10.2. The third-order valence-corrected chi connectivity index (χ3v) is 5.63. The molecule has 0 bridgehead atoms. The Morgan fingerprint density at radius 3 is 2.55 bits per heavy atom. The van der Waals surface area contributed by atoms with E-state index in [0.29, 0.717) is 18.7 Å². The summed E-state index contributed by atoms with van der Waals surface area (Å²) in [6.07, 6.45) is 2.71. The number of hydrogen-bond donors (Lipinski definition) is 1. The highest BCUT2D eigenvalue weighted by Gasteiger charge is 2.36. The molecule has 1 atom stereocenters. The Balaban J connectivity index is 1.51. The normalized spacial score (nSPS) is 18.2. The standard InChI is InChI=1S/C23H27N3O3/c1-29-16-6-15-26-21(19-7-2-3-8-20(19)23(26)28)24-18-11-9-17(10-12-18)22(27)25-13-4-5-14-25/h2-3,7-12,21,24H,4-6,13-16H2,1H3. The van der Waals surface area contributed by atoms with Crippen molar-refractivity contribution in [2.45, 2.75) is 25.4 Å². The second kappa shape index (κ2) is 8.66. The van der Waals surface area contributed by atoms with Gasteiger partial charge in [-0.3, -0.25) is 9.59 Å². The molecule has 6 nitrogen and oxygen atoms in total. The summed E-state index contributed by atoms with van der Waals surface area (Å²) in [6.45, 7) is 2.91. The summed E-state index contributed by atoms with van der Waals surface area (Å²) in [5.74, 6) is 0.131. The van der Waals surface area contributed by atoms with Crippen molar-refractivity contribution in [2.75, 3.05) is 38.7 Å². The van der Waals surface area contributed by atoms with Crippen molar-refractivity contribution in [2.24, 2.45) is 0 Å². The van der Waals surface area contributed by atoms with Gasteiger partial charge in [0, 0.05) is 55.7 Å². The summed E-state index contributed by atoms with van der Waals surface area (Å²) in [5, 5.41) is 3.48. The molecule has 1 fully saturated rings. The average molecular weight is 393 g/mol. The Kier molecular flexibility index (Phi) is 5.81. The molecule has 0 spiro atoms. The zero-order chi connectivity index (χ0) is 20.2. The average Bonchev–Trinajstić information content (AvgIpc) is 3.38. The molecule has 2 amide bonds. The molecule has 0 aliphatic carbocycles. The highest BCUT2D eigenvalue weighted by atomic mass is 16.5. The Morgan fingerprint density at radius 2 is 1.83 bits per heavy atom. The van der Waals surface area contributed by atoms with Gasteiger partial charge in [-0.15, -0.1) is 0 Å². The first kappa shape index (κ1) is 19.5. The smallest absolute Gasteiger partial charge is 0.256 e. The summed E-state index contributed by atoms with van der Waals surface area (Å²) < 4.78 is 5.15. The van der Waals surface area contributed by atoms with E-state index in [1.165, 1.54) is 0 Å². The SMILES string of the molecule is COCCCN1C(=O)c2ccccc2C1Nc1ccc(C(=O)N2CCCC2)cc1. The fourth-order valence-corrected chi connectivity index (χ4v) is 4.11. The maximum absolute atomic E-state index is 12.9. The first-order chi connectivity index (χ1) is 14.2. The van der Waals surface area contributed by atoms with Crippen molar-refractivity contribution < 1.29 is 14.3 Å². The maximum Gasteiger partial charge on any atom is 0.256 e. The molecular formula is C23H27N3O3. The third kappa shape index (κ3) is 3.98. The van der Waals surface area contributed by atoms with Gasteiger partial charge in [0.1, 0.15) is 6.17 Å². The number of benzene rings is 2. The van der Waals surface area contributed by atoms with Crippen LogP contribution in [0.4, 0.5) is 5.69 Å². The van der Waals surface area contributed by atoms with Crippen LogP contribution in [0.15, 0.2) is 48.5 Å². The number of nitrogens with one attached hydrogen (secondary N) is 1. The summed E-state index contributed by atoms with van der Waals surface area (Å²) in [5.41, 5.74) is 3.31. The number of ether oxygens (including phenoxy) is 1. The van der Waals surface area contributed by atoms with Gasteiger partial charge >= 0.3 is 0 Å².